The van der Waals surface area contributed by atoms with Gasteiger partial charge in [0.05, 0.1) is 24.3 Å². The van der Waals surface area contributed by atoms with Crippen molar-refractivity contribution >= 4 is 45.1 Å². The van der Waals surface area contributed by atoms with E-state index < -0.39 is 0 Å². The van der Waals surface area contributed by atoms with Crippen molar-refractivity contribution in [1.82, 2.24) is 24.8 Å². The number of ketones is 2. The number of anilines is 1. The lowest BCUT2D eigenvalue weighted by Gasteiger charge is -2.60. The van der Waals surface area contributed by atoms with Gasteiger partial charge in [0.1, 0.15) is 11.6 Å². The zero-order valence-corrected chi connectivity index (χ0v) is 34.8. The van der Waals surface area contributed by atoms with Gasteiger partial charge in [-0.05, 0) is 113 Å². The van der Waals surface area contributed by atoms with Crippen LogP contribution in [0.25, 0.3) is 32.9 Å². The van der Waals surface area contributed by atoms with Crippen LogP contribution >= 0.6 is 0 Å². The Balaban J connectivity index is 0.000000478. The van der Waals surface area contributed by atoms with Crippen molar-refractivity contribution in [3.63, 3.8) is 0 Å². The molecule has 5 aromatic rings. The maximum atomic E-state index is 11.9. The summed E-state index contributed by atoms with van der Waals surface area (Å²) in [5.74, 6) is 2.01. The summed E-state index contributed by atoms with van der Waals surface area (Å²) in [6.07, 6.45) is 13.7. The summed E-state index contributed by atoms with van der Waals surface area (Å²) in [6, 6.07) is 18.2. The molecule has 2 aromatic carbocycles. The minimum Gasteiger partial charge on any atom is -0.494 e. The number of likely N-dealkylation sites (tertiary alicyclic amines) is 1. The molecule has 9 rings (SSSR count). The quantitative estimate of drug-likeness (QED) is 0.0931. The van der Waals surface area contributed by atoms with E-state index in [0.717, 1.165) is 62.4 Å². The van der Waals surface area contributed by atoms with E-state index in [9.17, 15) is 14.4 Å². The topological polar surface area (TPSA) is 119 Å². The largest absolute Gasteiger partial charge is 0.494 e. The summed E-state index contributed by atoms with van der Waals surface area (Å²) < 4.78 is 14.6. The minimum atomic E-state index is -0.118. The van der Waals surface area contributed by atoms with Crippen LogP contribution in [0, 0.1) is 11.3 Å². The molecule has 4 fully saturated rings. The summed E-state index contributed by atoms with van der Waals surface area (Å²) in [5, 5.41) is 5.10. The predicted molar refractivity (Wildman–Crippen MR) is 232 cm³/mol. The van der Waals surface area contributed by atoms with E-state index in [4.69, 9.17) is 14.5 Å². The first-order valence-electron chi connectivity index (χ1n) is 21.1. The molecular weight excluding hydrogens is 741 g/mol. The number of Topliss-reactive ketones (excluding diaryl/α,β-unsaturated/α-hetero) is 2. The zero-order chi connectivity index (χ0) is 41.3. The Kier molecular flexibility index (Phi) is 11.7. The molecule has 3 aliphatic heterocycles. The average molecular weight is 797 g/mol. The zero-order valence-electron chi connectivity index (χ0n) is 34.8. The first-order valence-corrected chi connectivity index (χ1v) is 21.1. The minimum absolute atomic E-state index is 0.105. The highest BCUT2D eigenvalue weighted by Gasteiger charge is 2.53. The number of aryl methyl sites for hydroxylation is 1. The van der Waals surface area contributed by atoms with Crippen LogP contribution in [0.1, 0.15) is 86.4 Å². The van der Waals surface area contributed by atoms with Crippen molar-refractivity contribution in [2.45, 2.75) is 77.9 Å². The molecule has 6 heterocycles. The number of carbonyl (C=O) groups excluding carboxylic acids is 3. The number of piperidine rings is 1. The molecule has 1 atom stereocenters. The standard InChI is InChI=1S/C41H45N5O4.C7H11NO/c1-27(47)34-11-9-31(18-36(34)28(2)48)49-16-6-4-5-15-45-25-41(26-45)19-32(20-41)50-33-23-46(24-33)40-12-8-30(21-43-40)29-7-10-35-37-22-42-14-13-38(37)44(3)39(35)17-29;1-5-3-4-7(9)8-6(5)2/h7-14,17-18,21-22,32-33H,4-6,15-16,19-20,23-26H2,1-3H3;5H,2-4H2,1H3,(H,8,9). The van der Waals surface area contributed by atoms with Gasteiger partial charge in [0, 0.05) is 102 Å². The van der Waals surface area contributed by atoms with E-state index >= 15 is 0 Å². The highest BCUT2D eigenvalue weighted by molar-refractivity contribution is 6.09. The molecule has 1 unspecified atom stereocenters. The van der Waals surface area contributed by atoms with Crippen molar-refractivity contribution in [1.29, 1.82) is 0 Å². The first-order chi connectivity index (χ1) is 28.4. The molecule has 11 nitrogen and oxygen atoms in total. The molecule has 11 heteroatoms. The lowest BCUT2D eigenvalue weighted by Crippen LogP contribution is -2.65. The Morgan fingerprint density at radius 3 is 2.37 bits per heavy atom. The van der Waals surface area contributed by atoms with Crippen LogP contribution in [0.3, 0.4) is 0 Å². The van der Waals surface area contributed by atoms with Crippen LogP contribution in [-0.4, -0.2) is 88.4 Å². The maximum Gasteiger partial charge on any atom is 0.224 e. The third-order valence-corrected chi connectivity index (χ3v) is 12.7. The number of aromatic nitrogens is 3. The van der Waals surface area contributed by atoms with Crippen molar-refractivity contribution < 1.29 is 23.9 Å². The normalized spacial score (nSPS) is 19.1. The maximum absolute atomic E-state index is 11.9. The van der Waals surface area contributed by atoms with E-state index in [1.54, 1.807) is 18.2 Å². The van der Waals surface area contributed by atoms with Crippen LogP contribution in [0.15, 0.2) is 85.5 Å². The summed E-state index contributed by atoms with van der Waals surface area (Å²) in [4.78, 5) is 48.4. The molecule has 0 radical (unpaired) electrons. The fourth-order valence-electron chi connectivity index (χ4n) is 9.18. The van der Waals surface area contributed by atoms with Crippen molar-refractivity contribution in [3.8, 4) is 16.9 Å². The van der Waals surface area contributed by atoms with Gasteiger partial charge in [0.25, 0.3) is 0 Å². The summed E-state index contributed by atoms with van der Waals surface area (Å²) >= 11 is 0. The summed E-state index contributed by atoms with van der Waals surface area (Å²) in [7, 11) is 2.11. The number of pyridine rings is 2. The second-order valence-corrected chi connectivity index (χ2v) is 17.2. The molecule has 0 bridgehead atoms. The predicted octanol–water partition coefficient (Wildman–Crippen LogP) is 8.16. The van der Waals surface area contributed by atoms with Gasteiger partial charge in [-0.15, -0.1) is 0 Å². The van der Waals surface area contributed by atoms with Gasteiger partial charge in [-0.25, -0.2) is 4.98 Å². The molecule has 3 saturated heterocycles. The highest BCUT2D eigenvalue weighted by Crippen LogP contribution is 2.50. The number of unbranched alkanes of at least 4 members (excludes halogenated alkanes) is 2. The first kappa shape index (κ1) is 40.4. The molecular formula is C48H56N6O5. The van der Waals surface area contributed by atoms with Crippen molar-refractivity contribution in [2.24, 2.45) is 18.4 Å². The Hall–Kier alpha value is -5.39. The van der Waals surface area contributed by atoms with Crippen molar-refractivity contribution in [3.05, 3.63) is 96.6 Å². The van der Waals surface area contributed by atoms with Gasteiger partial charge in [0.2, 0.25) is 5.91 Å². The number of nitrogens with one attached hydrogen (secondary N) is 1. The molecule has 59 heavy (non-hydrogen) atoms. The van der Waals surface area contributed by atoms with Crippen LogP contribution in [0.5, 0.6) is 5.75 Å². The van der Waals surface area contributed by atoms with Crippen molar-refractivity contribution in [2.75, 3.05) is 44.2 Å². The Bertz CT molecular complexity index is 2370. The third kappa shape index (κ3) is 8.82. The molecule has 4 aliphatic rings. The fraction of sp³-hybridized carbons (Fsp3) is 0.438. The Morgan fingerprint density at radius 1 is 0.881 bits per heavy atom. The molecule has 308 valence electrons. The number of rotatable bonds is 13. The monoisotopic (exact) mass is 796 g/mol. The highest BCUT2D eigenvalue weighted by atomic mass is 16.5. The fourth-order valence-corrected chi connectivity index (χ4v) is 9.18. The Labute approximate surface area is 346 Å². The third-order valence-electron chi connectivity index (χ3n) is 12.7. The van der Waals surface area contributed by atoms with Gasteiger partial charge in [-0.2, -0.15) is 0 Å². The van der Waals surface area contributed by atoms with Crippen LogP contribution in [0.4, 0.5) is 5.82 Å². The van der Waals surface area contributed by atoms with Gasteiger partial charge >= 0.3 is 0 Å². The number of fused-ring (bicyclic) bond motifs is 3. The van der Waals surface area contributed by atoms with E-state index in [1.165, 1.54) is 67.1 Å². The number of benzene rings is 2. The summed E-state index contributed by atoms with van der Waals surface area (Å²) in [6.45, 7) is 14.7. The number of hydrogen-bond donors (Lipinski definition) is 1. The lowest BCUT2D eigenvalue weighted by molar-refractivity contribution is -0.171. The number of nitrogens with zero attached hydrogens (tertiary/aromatic N) is 5. The van der Waals surface area contributed by atoms with Gasteiger partial charge < -0.3 is 29.2 Å². The molecule has 1 saturated carbocycles. The second kappa shape index (κ2) is 17.1. The number of hydrogen-bond acceptors (Lipinski definition) is 9. The van der Waals surface area contributed by atoms with Crippen LogP contribution in [0.2, 0.25) is 0 Å². The van der Waals surface area contributed by atoms with Crippen LogP contribution in [-0.2, 0) is 16.6 Å². The van der Waals surface area contributed by atoms with Crippen LogP contribution < -0.4 is 15.0 Å². The van der Waals surface area contributed by atoms with Gasteiger partial charge in [-0.3, -0.25) is 19.4 Å². The number of amides is 1. The molecule has 1 N–H and O–H groups in total. The van der Waals surface area contributed by atoms with Gasteiger partial charge in [-0.1, -0.05) is 25.6 Å². The SMILES string of the molecule is C=C1NC(=O)CCC1C.CC(=O)c1ccc(OCCCCCN2CC3(CC(OC4CN(c5ccc(-c6ccc7c8cnccc8n(C)c7c6)cn5)C4)C3)C2)cc1C(C)=O. The number of allylic oxidation sites excluding steroid dienone is 1. The molecule has 1 aliphatic carbocycles. The lowest BCUT2D eigenvalue weighted by atomic mass is 9.61. The second-order valence-electron chi connectivity index (χ2n) is 17.2. The molecule has 1 spiro atoms. The van der Waals surface area contributed by atoms with E-state index in [1.807, 2.05) is 18.6 Å². The smallest absolute Gasteiger partial charge is 0.224 e. The Morgan fingerprint density at radius 2 is 1.66 bits per heavy atom. The average Bonchev–Trinajstić information content (AvgIpc) is 3.47. The number of carbonyl (C=O) groups is 3. The number of ether oxygens (including phenoxy) is 2. The molecule has 3 aromatic heterocycles. The molecule has 1 amide bonds. The summed E-state index contributed by atoms with van der Waals surface area (Å²) in [5.41, 5.74) is 6.91. The van der Waals surface area contributed by atoms with E-state index in [0.29, 0.717) is 53.4 Å². The van der Waals surface area contributed by atoms with E-state index in [2.05, 4.69) is 81.6 Å². The van der Waals surface area contributed by atoms with E-state index in [-0.39, 0.29) is 17.5 Å². The van der Waals surface area contributed by atoms with Gasteiger partial charge in [0.15, 0.2) is 11.6 Å².